The summed E-state index contributed by atoms with van der Waals surface area (Å²) >= 11 is 0. The molecule has 0 aromatic carbocycles. The average Bonchev–Trinajstić information content (AvgIpc) is 4.46. The summed E-state index contributed by atoms with van der Waals surface area (Å²) in [4.78, 5) is 14.7. The van der Waals surface area contributed by atoms with Gasteiger partial charge in [0.15, 0.2) is 17.4 Å². The molecule has 16 fully saturated rings. The lowest BCUT2D eigenvalue weighted by molar-refractivity contribution is -0.347. The monoisotopic (exact) mass is 1110 g/mol. The van der Waals surface area contributed by atoms with Gasteiger partial charge in [-0.05, 0) is 86.2 Å². The molecule has 0 aromatic rings. The van der Waals surface area contributed by atoms with Crippen LogP contribution in [0.5, 0.6) is 0 Å². The minimum Gasteiger partial charge on any atom is -0.459 e. The van der Waals surface area contributed by atoms with E-state index in [0.717, 1.165) is 68.9 Å². The fourth-order valence-corrected chi connectivity index (χ4v) is 18.8. The number of carbonyl (C=O) groups is 1. The summed E-state index contributed by atoms with van der Waals surface area (Å²) in [6.45, 7) is 17.5. The van der Waals surface area contributed by atoms with Crippen LogP contribution in [-0.2, 0) is 71.1 Å². The number of fused-ring (bicyclic) bond motifs is 10. The summed E-state index contributed by atoms with van der Waals surface area (Å²) < 4.78 is 97.3. The molecule has 16 rings (SSSR count). The Morgan fingerprint density at radius 1 is 0.532 bits per heavy atom. The molecule has 0 unspecified atom stereocenters. The average molecular weight is 1110 g/mol. The van der Waals surface area contributed by atoms with E-state index in [-0.39, 0.29) is 158 Å². The summed E-state index contributed by atoms with van der Waals surface area (Å²) in [5.74, 6) is -2.30. The molecule has 15 heterocycles. The molecule has 15 aliphatic heterocycles. The SMILES string of the molecule is C=C1C[C@@H]2CC[C@@]34C[C@H]5O[C@H]6[C@@H](O[C@H]7CC[C@H](CC(=O)O[C@@H]8[C@@H](C)[C@@H]9O[C@@H]%10C[C@]%11(C[C@@H]%12O[C@]%13(C[C@H](C)[C@@H]%14O[C@H]([C@@H](O)C[C@@H](O)CO)C[C@@H]%14O%13)C[C@H](C)[C@@H]%12O%11)O[C@@H]%10C[C@@H]9O[C@H]8C[C@H]8O[C@@H](CC[C@@H]1O2)C[C@@H](C)C8=C)C[C@@H]7[C@@H]6O3)[C@H]5O4. The van der Waals surface area contributed by atoms with Crippen LogP contribution in [0.3, 0.4) is 0 Å². The van der Waals surface area contributed by atoms with E-state index in [0.29, 0.717) is 57.8 Å². The summed E-state index contributed by atoms with van der Waals surface area (Å²) in [6.07, 6.45) is 5.77. The van der Waals surface area contributed by atoms with Crippen molar-refractivity contribution in [2.45, 2.75) is 307 Å². The van der Waals surface area contributed by atoms with E-state index in [1.807, 2.05) is 0 Å². The van der Waals surface area contributed by atoms with Crippen LogP contribution in [0.1, 0.15) is 150 Å². The van der Waals surface area contributed by atoms with Crippen LogP contribution in [0.2, 0.25) is 0 Å². The number of hydrogen-bond donors (Lipinski definition) is 3. The summed E-state index contributed by atoms with van der Waals surface area (Å²) in [5.41, 5.74) is 2.19. The van der Waals surface area contributed by atoms with E-state index in [2.05, 4.69) is 40.9 Å². The van der Waals surface area contributed by atoms with Crippen molar-refractivity contribution >= 4 is 5.97 Å². The van der Waals surface area contributed by atoms with Crippen LogP contribution in [-0.4, -0.2) is 186 Å². The topological polar surface area (TPSA) is 207 Å². The number of aliphatic hydroxyl groups is 3. The lowest BCUT2D eigenvalue weighted by Crippen LogP contribution is -2.61. The van der Waals surface area contributed by atoms with Crippen molar-refractivity contribution in [1.82, 2.24) is 0 Å². The normalized spacial score (nSPS) is 57.2. The van der Waals surface area contributed by atoms with Crippen molar-refractivity contribution < 1.29 is 86.4 Å². The molecule has 18 heteroatoms. The Bertz CT molecular complexity index is 2340. The zero-order valence-electron chi connectivity index (χ0n) is 46.8. The first-order valence-corrected chi connectivity index (χ1v) is 31.2. The second kappa shape index (κ2) is 20.2. The molecule has 32 atom stereocenters. The van der Waals surface area contributed by atoms with Crippen molar-refractivity contribution in [2.75, 3.05) is 6.61 Å². The summed E-state index contributed by atoms with van der Waals surface area (Å²) in [6, 6.07) is 0. The zero-order chi connectivity index (χ0) is 54.0. The van der Waals surface area contributed by atoms with Crippen molar-refractivity contribution in [2.24, 2.45) is 35.5 Å². The molecular weight excluding hydrogens is 1020 g/mol. The van der Waals surface area contributed by atoms with Gasteiger partial charge >= 0.3 is 5.97 Å². The smallest absolute Gasteiger partial charge is 0.306 e. The van der Waals surface area contributed by atoms with Gasteiger partial charge in [0.2, 0.25) is 0 Å². The molecule has 0 aromatic heterocycles. The van der Waals surface area contributed by atoms with E-state index < -0.39 is 54.5 Å². The third-order valence-corrected chi connectivity index (χ3v) is 22.5. The van der Waals surface area contributed by atoms with Crippen LogP contribution >= 0.6 is 0 Å². The van der Waals surface area contributed by atoms with Gasteiger partial charge in [-0.1, -0.05) is 40.9 Å². The predicted octanol–water partition coefficient (Wildman–Crippen LogP) is 5.79. The van der Waals surface area contributed by atoms with E-state index in [4.69, 9.17) is 66.3 Å². The highest BCUT2D eigenvalue weighted by Crippen LogP contribution is 2.59. The van der Waals surface area contributed by atoms with Gasteiger partial charge in [-0.3, -0.25) is 4.79 Å². The fourth-order valence-electron chi connectivity index (χ4n) is 18.8. The first-order valence-electron chi connectivity index (χ1n) is 31.2. The first kappa shape index (κ1) is 54.0. The Morgan fingerprint density at radius 2 is 1.23 bits per heavy atom. The molecule has 16 aliphatic rings. The number of carbonyl (C=O) groups excluding carboxylic acids is 1. The first-order chi connectivity index (χ1) is 38.0. The maximum absolute atomic E-state index is 14.7. The number of aliphatic hydroxyl groups excluding tert-OH is 3. The predicted molar refractivity (Wildman–Crippen MR) is 277 cm³/mol. The number of rotatable bonds is 4. The van der Waals surface area contributed by atoms with Crippen LogP contribution in [0.15, 0.2) is 24.3 Å². The standard InChI is InChI=1S/C61H88O18/c1-27-13-35-8-10-39-28(2)14-36(66-39)11-12-59-24-48-56(79-59)58-57(72-48)55(78-59)37-15-33(7-9-40(37)69-58)16-50(65)73-54-32(6)53-45(68-44(54)18-41(67-35)31(27)5)20-43-47(71-53)23-61(74-43)25-49-52(77-61)30(4)22-60(76-49)21-29(3)51-46(75-60)19-42(70-51)38(64)17-34(63)26-62/h27,29-30,32-49,51-58,62-64H,2,5,7-26H2,1,3-4,6H3/t27-,29+,30+,32+,33+,34-,35+,36+,37+,38+,39+,40+,41-,42+,43-,44+,45+,46+,47-,48-,49+,51+,52+,53+,54-,55+,56+,57-,58+,59-,60-,61+/m1/s1. The third-order valence-electron chi connectivity index (χ3n) is 22.5. The number of ether oxygens (including phenoxy) is 14. The Labute approximate surface area is 464 Å². The van der Waals surface area contributed by atoms with Gasteiger partial charge in [0, 0.05) is 82.5 Å². The molecule has 440 valence electrons. The minimum absolute atomic E-state index is 0.00268. The van der Waals surface area contributed by atoms with E-state index >= 15 is 0 Å². The minimum atomic E-state index is -1.01. The van der Waals surface area contributed by atoms with Crippen LogP contribution in [0.4, 0.5) is 0 Å². The summed E-state index contributed by atoms with van der Waals surface area (Å²) in [5, 5.41) is 30.3. The van der Waals surface area contributed by atoms with Gasteiger partial charge in [-0.25, -0.2) is 0 Å². The molecule has 3 spiro atoms. The van der Waals surface area contributed by atoms with E-state index in [1.54, 1.807) is 0 Å². The highest BCUT2D eigenvalue weighted by Gasteiger charge is 2.69. The Kier molecular flexibility index (Phi) is 13.8. The highest BCUT2D eigenvalue weighted by molar-refractivity contribution is 5.70. The number of hydrogen-bond acceptors (Lipinski definition) is 18. The molecule has 3 N–H and O–H groups in total. The molecular formula is C61H88O18. The third kappa shape index (κ3) is 9.44. The lowest BCUT2D eigenvalue weighted by Gasteiger charge is -2.50. The van der Waals surface area contributed by atoms with Gasteiger partial charge in [0.1, 0.15) is 24.4 Å². The van der Waals surface area contributed by atoms with Crippen molar-refractivity contribution in [3.63, 3.8) is 0 Å². The number of esters is 1. The van der Waals surface area contributed by atoms with Crippen LogP contribution in [0.25, 0.3) is 0 Å². The summed E-state index contributed by atoms with van der Waals surface area (Å²) in [7, 11) is 0. The Hall–Kier alpha value is -1.69. The molecule has 18 nitrogen and oxygen atoms in total. The molecule has 0 amide bonds. The molecule has 0 radical (unpaired) electrons. The molecule has 1 aliphatic carbocycles. The Balaban J connectivity index is 0.655. The quantitative estimate of drug-likeness (QED) is 0.225. The molecule has 79 heavy (non-hydrogen) atoms. The fraction of sp³-hybridized carbons (Fsp3) is 0.918. The van der Waals surface area contributed by atoms with Gasteiger partial charge in [0.25, 0.3) is 0 Å². The Morgan fingerprint density at radius 3 is 2.08 bits per heavy atom. The van der Waals surface area contributed by atoms with Gasteiger partial charge in [-0.15, -0.1) is 0 Å². The van der Waals surface area contributed by atoms with Crippen LogP contribution in [0, 0.1) is 35.5 Å². The largest absolute Gasteiger partial charge is 0.459 e. The molecule has 12 bridgehead atoms. The second-order valence-electron chi connectivity index (χ2n) is 28.1. The highest BCUT2D eigenvalue weighted by atomic mass is 16.8. The second-order valence-corrected chi connectivity index (χ2v) is 28.1. The maximum Gasteiger partial charge on any atom is 0.306 e. The van der Waals surface area contributed by atoms with Gasteiger partial charge in [0.05, 0.1) is 123 Å². The van der Waals surface area contributed by atoms with Crippen molar-refractivity contribution in [1.29, 1.82) is 0 Å². The van der Waals surface area contributed by atoms with Crippen LogP contribution < -0.4 is 0 Å². The van der Waals surface area contributed by atoms with E-state index in [9.17, 15) is 20.1 Å². The van der Waals surface area contributed by atoms with Gasteiger partial charge in [-0.2, -0.15) is 0 Å². The molecule has 15 saturated heterocycles. The zero-order valence-corrected chi connectivity index (χ0v) is 46.8. The molecule has 1 saturated carbocycles. The lowest BCUT2D eigenvalue weighted by atomic mass is 9.72. The van der Waals surface area contributed by atoms with Gasteiger partial charge < -0.3 is 81.6 Å². The van der Waals surface area contributed by atoms with Crippen molar-refractivity contribution in [3.05, 3.63) is 24.3 Å². The van der Waals surface area contributed by atoms with Crippen molar-refractivity contribution in [3.8, 4) is 0 Å². The maximum atomic E-state index is 14.7. The van der Waals surface area contributed by atoms with E-state index in [1.165, 1.54) is 0 Å².